The Kier molecular flexibility index (Phi) is 7.47. The number of hydrogen-bond acceptors (Lipinski definition) is 7. The van der Waals surface area contributed by atoms with Gasteiger partial charge in [0.2, 0.25) is 11.8 Å². The van der Waals surface area contributed by atoms with E-state index in [0.29, 0.717) is 41.7 Å². The number of carbonyl (C=O) groups is 3. The van der Waals surface area contributed by atoms with Crippen molar-refractivity contribution in [1.82, 2.24) is 30.1 Å². The molecular weight excluding hydrogens is 452 g/mol. The summed E-state index contributed by atoms with van der Waals surface area (Å²) >= 11 is 7.63. The van der Waals surface area contributed by atoms with Crippen LogP contribution in [0.15, 0.2) is 36.0 Å². The second kappa shape index (κ2) is 10.1. The number of carbonyl (C=O) groups excluding carboxylic acids is 3. The number of nitrogens with zero attached hydrogens (tertiary/aromatic N) is 5. The SMILES string of the molecule is C=CC(=O)N1CCN(C(C)=O)[C@@H](c2cc(Cl)nc(-c3cc(C(=O)NC)nc(SC)n3)c2)C1. The molecule has 168 valence electrons. The van der Waals surface area contributed by atoms with Gasteiger partial charge in [-0.15, -0.1) is 0 Å². The van der Waals surface area contributed by atoms with Gasteiger partial charge in [-0.1, -0.05) is 29.9 Å². The average molecular weight is 475 g/mol. The highest BCUT2D eigenvalue weighted by Crippen LogP contribution is 2.31. The number of aromatic nitrogens is 3. The van der Waals surface area contributed by atoms with Crippen molar-refractivity contribution < 1.29 is 14.4 Å². The molecule has 32 heavy (non-hydrogen) atoms. The van der Waals surface area contributed by atoms with E-state index < -0.39 is 6.04 Å². The number of pyridine rings is 1. The quantitative estimate of drug-likeness (QED) is 0.306. The van der Waals surface area contributed by atoms with Crippen molar-refractivity contribution >= 4 is 41.1 Å². The summed E-state index contributed by atoms with van der Waals surface area (Å²) in [6.45, 7) is 6.15. The molecule has 9 nitrogen and oxygen atoms in total. The van der Waals surface area contributed by atoms with Crippen molar-refractivity contribution in [2.24, 2.45) is 0 Å². The van der Waals surface area contributed by atoms with Gasteiger partial charge in [-0.2, -0.15) is 0 Å². The smallest absolute Gasteiger partial charge is 0.269 e. The molecule has 1 N–H and O–H groups in total. The van der Waals surface area contributed by atoms with Crippen LogP contribution in [0.25, 0.3) is 11.4 Å². The van der Waals surface area contributed by atoms with Crippen LogP contribution < -0.4 is 5.32 Å². The Balaban J connectivity index is 2.08. The highest BCUT2D eigenvalue weighted by Gasteiger charge is 2.32. The summed E-state index contributed by atoms with van der Waals surface area (Å²) in [5.41, 5.74) is 1.78. The molecule has 2 aromatic heterocycles. The summed E-state index contributed by atoms with van der Waals surface area (Å²) < 4.78 is 0. The molecule has 0 aliphatic carbocycles. The molecule has 3 rings (SSSR count). The molecule has 0 unspecified atom stereocenters. The Hall–Kier alpha value is -2.98. The fraction of sp³-hybridized carbons (Fsp3) is 0.333. The van der Waals surface area contributed by atoms with Crippen LogP contribution in [0.4, 0.5) is 0 Å². The first-order valence-corrected chi connectivity index (χ1v) is 11.4. The average Bonchev–Trinajstić information content (AvgIpc) is 2.81. The lowest BCUT2D eigenvalue weighted by molar-refractivity contribution is -0.139. The molecule has 11 heteroatoms. The van der Waals surface area contributed by atoms with Gasteiger partial charge in [0.25, 0.3) is 5.91 Å². The number of halogens is 1. The molecular formula is C21H23ClN6O3S. The molecule has 1 aliphatic heterocycles. The van der Waals surface area contributed by atoms with Crippen LogP contribution in [0.5, 0.6) is 0 Å². The molecule has 0 aromatic carbocycles. The monoisotopic (exact) mass is 474 g/mol. The van der Waals surface area contributed by atoms with Crippen molar-refractivity contribution in [3.05, 3.63) is 47.3 Å². The highest BCUT2D eigenvalue weighted by atomic mass is 35.5. The lowest BCUT2D eigenvalue weighted by atomic mass is 10.0. The standard InChI is InChI=1S/C21H23ClN6O3S/c1-5-19(30)27-6-7-28(12(2)29)17(11-27)13-8-14(24-18(22)9-13)15-10-16(20(31)23-3)26-21(25-15)32-4/h5,8-10,17H,1,6-7,11H2,2-4H3,(H,23,31)/t17-/m1/s1. The van der Waals surface area contributed by atoms with Gasteiger partial charge in [-0.25, -0.2) is 15.0 Å². The van der Waals surface area contributed by atoms with Crippen LogP contribution in [0.1, 0.15) is 29.0 Å². The minimum absolute atomic E-state index is 0.108. The van der Waals surface area contributed by atoms with Gasteiger partial charge in [0.15, 0.2) is 5.16 Å². The summed E-state index contributed by atoms with van der Waals surface area (Å²) in [5.74, 6) is -0.655. The zero-order chi connectivity index (χ0) is 23.4. The molecule has 2 aromatic rings. The maximum Gasteiger partial charge on any atom is 0.269 e. The lowest BCUT2D eigenvalue weighted by Gasteiger charge is -2.41. The highest BCUT2D eigenvalue weighted by molar-refractivity contribution is 7.98. The van der Waals surface area contributed by atoms with Crippen molar-refractivity contribution in [1.29, 1.82) is 0 Å². The van der Waals surface area contributed by atoms with Gasteiger partial charge in [0.05, 0.1) is 17.4 Å². The first-order valence-electron chi connectivity index (χ1n) is 9.79. The summed E-state index contributed by atoms with van der Waals surface area (Å²) in [6.07, 6.45) is 3.07. The van der Waals surface area contributed by atoms with Gasteiger partial charge in [0, 0.05) is 33.6 Å². The van der Waals surface area contributed by atoms with Crippen LogP contribution in [0, 0.1) is 0 Å². The maximum atomic E-state index is 12.3. The molecule has 3 heterocycles. The van der Waals surface area contributed by atoms with Gasteiger partial charge < -0.3 is 15.1 Å². The van der Waals surface area contributed by atoms with Crippen LogP contribution in [0.3, 0.4) is 0 Å². The topological polar surface area (TPSA) is 108 Å². The molecule has 1 fully saturated rings. The fourth-order valence-corrected chi connectivity index (χ4v) is 4.10. The molecule has 0 spiro atoms. The summed E-state index contributed by atoms with van der Waals surface area (Å²) in [6, 6.07) is 4.57. The van der Waals surface area contributed by atoms with Crippen LogP contribution in [-0.2, 0) is 9.59 Å². The number of nitrogens with one attached hydrogen (secondary N) is 1. The summed E-state index contributed by atoms with van der Waals surface area (Å²) in [4.78, 5) is 53.0. The normalized spacial score (nSPS) is 15.9. The van der Waals surface area contributed by atoms with Crippen LogP contribution >= 0.6 is 23.4 Å². The number of amides is 3. The zero-order valence-electron chi connectivity index (χ0n) is 18.0. The van der Waals surface area contributed by atoms with Crippen LogP contribution in [0.2, 0.25) is 5.15 Å². The molecule has 1 aliphatic rings. The van der Waals surface area contributed by atoms with Crippen molar-refractivity contribution in [2.75, 3.05) is 32.9 Å². The minimum atomic E-state index is -0.412. The Labute approximate surface area is 195 Å². The van der Waals surface area contributed by atoms with Gasteiger partial charge in [-0.05, 0) is 36.1 Å². The molecule has 0 saturated carbocycles. The van der Waals surface area contributed by atoms with Crippen molar-refractivity contribution in [2.45, 2.75) is 18.1 Å². The van der Waals surface area contributed by atoms with Gasteiger partial charge >= 0.3 is 0 Å². The summed E-state index contributed by atoms with van der Waals surface area (Å²) in [5, 5.41) is 3.17. The van der Waals surface area contributed by atoms with E-state index in [-0.39, 0.29) is 28.6 Å². The predicted octanol–water partition coefficient (Wildman–Crippen LogP) is 2.19. The minimum Gasteiger partial charge on any atom is -0.354 e. The second-order valence-electron chi connectivity index (χ2n) is 7.03. The van der Waals surface area contributed by atoms with E-state index in [0.717, 1.165) is 0 Å². The van der Waals surface area contributed by atoms with E-state index in [1.165, 1.54) is 37.9 Å². The van der Waals surface area contributed by atoms with Gasteiger partial charge in [0.1, 0.15) is 10.8 Å². The fourth-order valence-electron chi connectivity index (χ4n) is 3.51. The molecule has 1 atom stereocenters. The summed E-state index contributed by atoms with van der Waals surface area (Å²) in [7, 11) is 1.52. The van der Waals surface area contributed by atoms with Crippen molar-refractivity contribution in [3.63, 3.8) is 0 Å². The third-order valence-corrected chi connectivity index (χ3v) is 5.82. The van der Waals surface area contributed by atoms with E-state index in [4.69, 9.17) is 11.6 Å². The molecule has 0 bridgehead atoms. The van der Waals surface area contributed by atoms with E-state index in [2.05, 4.69) is 26.8 Å². The zero-order valence-corrected chi connectivity index (χ0v) is 19.5. The first-order chi connectivity index (χ1) is 15.3. The Morgan fingerprint density at radius 3 is 2.53 bits per heavy atom. The van der Waals surface area contributed by atoms with E-state index in [9.17, 15) is 14.4 Å². The van der Waals surface area contributed by atoms with Crippen molar-refractivity contribution in [3.8, 4) is 11.4 Å². The largest absolute Gasteiger partial charge is 0.354 e. The Morgan fingerprint density at radius 2 is 1.91 bits per heavy atom. The third kappa shape index (κ3) is 5.08. The third-order valence-electron chi connectivity index (χ3n) is 5.08. The number of piperazine rings is 1. The van der Waals surface area contributed by atoms with Gasteiger partial charge in [-0.3, -0.25) is 14.4 Å². The van der Waals surface area contributed by atoms with E-state index in [1.807, 2.05) is 6.26 Å². The predicted molar refractivity (Wildman–Crippen MR) is 122 cm³/mol. The van der Waals surface area contributed by atoms with Crippen LogP contribution in [-0.4, -0.2) is 75.4 Å². The van der Waals surface area contributed by atoms with E-state index in [1.54, 1.807) is 21.9 Å². The number of hydrogen-bond donors (Lipinski definition) is 1. The Bertz CT molecular complexity index is 1080. The lowest BCUT2D eigenvalue weighted by Crippen LogP contribution is -2.51. The molecule has 1 saturated heterocycles. The second-order valence-corrected chi connectivity index (χ2v) is 8.19. The number of thioether (sulfide) groups is 1. The molecule has 0 radical (unpaired) electrons. The maximum absolute atomic E-state index is 12.3. The first kappa shape index (κ1) is 23.7. The molecule has 3 amide bonds. The van der Waals surface area contributed by atoms with E-state index >= 15 is 0 Å². The number of rotatable bonds is 5. The Morgan fingerprint density at radius 1 is 1.19 bits per heavy atom.